The number of rotatable bonds is 7. The summed E-state index contributed by atoms with van der Waals surface area (Å²) in [5, 5.41) is 3.11. The number of aromatic nitrogens is 2. The van der Waals surface area contributed by atoms with Crippen LogP contribution in [0.25, 0.3) is 0 Å². The second kappa shape index (κ2) is 8.85. The molecule has 0 bridgehead atoms. The highest BCUT2D eigenvalue weighted by Gasteiger charge is 2.12. The first-order valence-electron chi connectivity index (χ1n) is 9.02. The summed E-state index contributed by atoms with van der Waals surface area (Å²) in [5.74, 6) is 0.969. The number of benzene rings is 2. The van der Waals surface area contributed by atoms with Crippen LogP contribution in [0.1, 0.15) is 29.8 Å². The van der Waals surface area contributed by atoms with Crippen molar-refractivity contribution >= 4 is 23.2 Å². The van der Waals surface area contributed by atoms with Gasteiger partial charge in [-0.05, 0) is 55.3 Å². The molecular weight excluding hydrogens is 356 g/mol. The van der Waals surface area contributed by atoms with Crippen LogP contribution in [0, 0.1) is 0 Å². The Kier molecular flexibility index (Phi) is 6.06. The third-order valence-electron chi connectivity index (χ3n) is 4.05. The summed E-state index contributed by atoms with van der Waals surface area (Å²) in [6.45, 7) is 4.19. The van der Waals surface area contributed by atoms with E-state index in [1.165, 1.54) is 11.9 Å². The predicted octanol–water partition coefficient (Wildman–Crippen LogP) is 4.33. The monoisotopic (exact) mass is 378 g/mol. The molecule has 144 valence electrons. The lowest BCUT2D eigenvalue weighted by Gasteiger charge is -2.12. The van der Waals surface area contributed by atoms with Crippen molar-refractivity contribution in [2.75, 3.05) is 17.7 Å². The van der Waals surface area contributed by atoms with E-state index in [2.05, 4.69) is 22.2 Å². The van der Waals surface area contributed by atoms with Crippen molar-refractivity contribution in [1.29, 1.82) is 0 Å². The van der Waals surface area contributed by atoms with E-state index in [0.717, 1.165) is 12.1 Å². The predicted molar refractivity (Wildman–Crippen MR) is 108 cm³/mol. The molecule has 0 amide bonds. The van der Waals surface area contributed by atoms with Crippen molar-refractivity contribution < 1.29 is 14.3 Å². The Morgan fingerprint density at radius 3 is 2.39 bits per heavy atom. The van der Waals surface area contributed by atoms with Gasteiger partial charge in [0.15, 0.2) is 5.82 Å². The highest BCUT2D eigenvalue weighted by Crippen LogP contribution is 2.31. The van der Waals surface area contributed by atoms with Gasteiger partial charge in [0.1, 0.15) is 17.8 Å². The maximum absolute atomic E-state index is 11.7. The zero-order valence-electron chi connectivity index (χ0n) is 15.8. The Hall–Kier alpha value is -3.61. The van der Waals surface area contributed by atoms with Crippen LogP contribution in [0.5, 0.6) is 11.6 Å². The minimum atomic E-state index is -0.361. The number of nitrogens with one attached hydrogen (secondary N) is 1. The zero-order chi connectivity index (χ0) is 19.9. The van der Waals surface area contributed by atoms with E-state index in [9.17, 15) is 4.79 Å². The normalized spacial score (nSPS) is 10.4. The minimum absolute atomic E-state index is 0.268. The lowest BCUT2D eigenvalue weighted by Crippen LogP contribution is -2.05. The quantitative estimate of drug-likeness (QED) is 0.590. The van der Waals surface area contributed by atoms with Crippen LogP contribution in [0.2, 0.25) is 0 Å². The van der Waals surface area contributed by atoms with Crippen molar-refractivity contribution in [3.05, 3.63) is 66.0 Å². The number of esters is 1. The third kappa shape index (κ3) is 4.56. The number of aryl methyl sites for hydroxylation is 1. The fourth-order valence-electron chi connectivity index (χ4n) is 2.51. The van der Waals surface area contributed by atoms with Crippen LogP contribution in [-0.2, 0) is 11.2 Å². The highest BCUT2D eigenvalue weighted by atomic mass is 16.5. The van der Waals surface area contributed by atoms with Crippen LogP contribution < -0.4 is 15.8 Å². The molecule has 7 heteroatoms. The molecule has 1 heterocycles. The van der Waals surface area contributed by atoms with E-state index in [0.29, 0.717) is 23.7 Å². The molecule has 0 spiro atoms. The highest BCUT2D eigenvalue weighted by molar-refractivity contribution is 5.90. The van der Waals surface area contributed by atoms with Gasteiger partial charge in [0, 0.05) is 5.69 Å². The standard InChI is InChI=1S/C21H22N4O3/c1-3-14-5-11-17(12-6-14)28-20-18(22)19(23-13-24-20)25-16-9-7-15(8-10-16)21(26)27-4-2/h5-13H,3-4,22H2,1-2H3,(H,23,24,25). The van der Waals surface area contributed by atoms with Crippen molar-refractivity contribution in [1.82, 2.24) is 9.97 Å². The van der Waals surface area contributed by atoms with Crippen LogP contribution in [-0.4, -0.2) is 22.5 Å². The number of ether oxygens (including phenoxy) is 2. The summed E-state index contributed by atoms with van der Waals surface area (Å²) in [4.78, 5) is 20.0. The third-order valence-corrected chi connectivity index (χ3v) is 4.05. The molecular formula is C21H22N4O3. The molecule has 0 radical (unpaired) electrons. The Morgan fingerprint density at radius 1 is 1.04 bits per heavy atom. The first kappa shape index (κ1) is 19.2. The number of nitrogens with zero attached hydrogens (tertiary/aromatic N) is 2. The molecule has 3 aromatic rings. The van der Waals surface area contributed by atoms with Crippen LogP contribution in [0.15, 0.2) is 54.9 Å². The van der Waals surface area contributed by atoms with E-state index >= 15 is 0 Å². The van der Waals surface area contributed by atoms with Gasteiger partial charge in [0.05, 0.1) is 12.2 Å². The van der Waals surface area contributed by atoms with E-state index in [1.54, 1.807) is 31.2 Å². The molecule has 0 fully saturated rings. The minimum Gasteiger partial charge on any atom is -0.462 e. The lowest BCUT2D eigenvalue weighted by atomic mass is 10.2. The first-order chi connectivity index (χ1) is 13.6. The van der Waals surface area contributed by atoms with Crippen LogP contribution >= 0.6 is 0 Å². The largest absolute Gasteiger partial charge is 0.462 e. The van der Waals surface area contributed by atoms with Gasteiger partial charge in [-0.15, -0.1) is 0 Å². The average molecular weight is 378 g/mol. The van der Waals surface area contributed by atoms with Gasteiger partial charge in [0.2, 0.25) is 5.88 Å². The fourth-order valence-corrected chi connectivity index (χ4v) is 2.51. The Bertz CT molecular complexity index is 941. The first-order valence-corrected chi connectivity index (χ1v) is 9.02. The van der Waals surface area contributed by atoms with Crippen molar-refractivity contribution in [2.24, 2.45) is 0 Å². The number of anilines is 3. The Labute approximate surface area is 163 Å². The molecule has 0 atom stereocenters. The van der Waals surface area contributed by atoms with Crippen LogP contribution in [0.4, 0.5) is 17.2 Å². The molecule has 0 aliphatic carbocycles. The SMILES string of the molecule is CCOC(=O)c1ccc(Nc2ncnc(Oc3ccc(CC)cc3)c2N)cc1. The lowest BCUT2D eigenvalue weighted by molar-refractivity contribution is 0.0526. The fraction of sp³-hybridized carbons (Fsp3) is 0.190. The number of nitrogen functional groups attached to an aromatic ring is 1. The second-order valence-corrected chi connectivity index (χ2v) is 5.96. The van der Waals surface area contributed by atoms with Gasteiger partial charge < -0.3 is 20.5 Å². The van der Waals surface area contributed by atoms with Crippen molar-refractivity contribution in [2.45, 2.75) is 20.3 Å². The average Bonchev–Trinajstić information content (AvgIpc) is 2.72. The van der Waals surface area contributed by atoms with Gasteiger partial charge in [0.25, 0.3) is 0 Å². The number of carbonyl (C=O) groups is 1. The molecule has 28 heavy (non-hydrogen) atoms. The van der Waals surface area contributed by atoms with Crippen molar-refractivity contribution in [3.8, 4) is 11.6 Å². The molecule has 0 aliphatic heterocycles. The maximum Gasteiger partial charge on any atom is 0.338 e. The number of hydrogen-bond acceptors (Lipinski definition) is 7. The van der Waals surface area contributed by atoms with Crippen molar-refractivity contribution in [3.63, 3.8) is 0 Å². The summed E-state index contributed by atoms with van der Waals surface area (Å²) < 4.78 is 10.8. The maximum atomic E-state index is 11.7. The summed E-state index contributed by atoms with van der Waals surface area (Å²) in [6, 6.07) is 14.6. The molecule has 2 aromatic carbocycles. The van der Waals surface area contributed by atoms with E-state index < -0.39 is 0 Å². The van der Waals surface area contributed by atoms with Gasteiger partial charge in [-0.2, -0.15) is 4.98 Å². The number of nitrogens with two attached hydrogens (primary N) is 1. The topological polar surface area (TPSA) is 99.4 Å². The van der Waals surface area contributed by atoms with E-state index in [4.69, 9.17) is 15.2 Å². The smallest absolute Gasteiger partial charge is 0.338 e. The Balaban J connectivity index is 1.74. The molecule has 0 unspecified atom stereocenters. The second-order valence-electron chi connectivity index (χ2n) is 5.96. The number of hydrogen-bond donors (Lipinski definition) is 2. The van der Waals surface area contributed by atoms with Gasteiger partial charge >= 0.3 is 5.97 Å². The molecule has 7 nitrogen and oxygen atoms in total. The Morgan fingerprint density at radius 2 is 1.75 bits per heavy atom. The number of carbonyl (C=O) groups excluding carboxylic acids is 1. The molecule has 0 saturated carbocycles. The summed E-state index contributed by atoms with van der Waals surface area (Å²) in [5.41, 5.74) is 8.87. The molecule has 3 N–H and O–H groups in total. The molecule has 3 rings (SSSR count). The summed E-state index contributed by atoms with van der Waals surface area (Å²) >= 11 is 0. The summed E-state index contributed by atoms with van der Waals surface area (Å²) in [6.07, 6.45) is 2.33. The van der Waals surface area contributed by atoms with Gasteiger partial charge in [-0.25, -0.2) is 9.78 Å². The van der Waals surface area contributed by atoms with Gasteiger partial charge in [-0.1, -0.05) is 19.1 Å². The van der Waals surface area contributed by atoms with E-state index in [-0.39, 0.29) is 17.5 Å². The molecule has 1 aromatic heterocycles. The van der Waals surface area contributed by atoms with Gasteiger partial charge in [-0.3, -0.25) is 0 Å². The van der Waals surface area contributed by atoms with E-state index in [1.807, 2.05) is 24.3 Å². The van der Waals surface area contributed by atoms with Crippen LogP contribution in [0.3, 0.4) is 0 Å². The molecule has 0 aliphatic rings. The zero-order valence-corrected chi connectivity index (χ0v) is 15.8. The summed E-state index contributed by atoms with van der Waals surface area (Å²) in [7, 11) is 0. The molecule has 0 saturated heterocycles.